The minimum atomic E-state index is -0.363. The summed E-state index contributed by atoms with van der Waals surface area (Å²) in [5.74, 6) is 0. The van der Waals surface area contributed by atoms with Crippen LogP contribution in [0.25, 0.3) is 0 Å². The van der Waals surface area contributed by atoms with Gasteiger partial charge in [0.1, 0.15) is 0 Å². The normalized spacial score (nSPS) is 13.3. The molecule has 0 fully saturated rings. The lowest BCUT2D eigenvalue weighted by Gasteiger charge is -2.20. The summed E-state index contributed by atoms with van der Waals surface area (Å²) in [7, 11) is 0. The number of hydrogen-bond acceptors (Lipinski definition) is 4. The van der Waals surface area contributed by atoms with Crippen LogP contribution in [0.1, 0.15) is 24.3 Å². The van der Waals surface area contributed by atoms with Gasteiger partial charge in [-0.25, -0.2) is 0 Å². The molecular weight excluding hydrogens is 210 g/mol. The lowest BCUT2D eigenvalue weighted by molar-refractivity contribution is 0.136. The molecule has 86 valence electrons. The summed E-state index contributed by atoms with van der Waals surface area (Å²) in [5, 5.41) is 20.6. The number of nitrogens with zero attached hydrogens (tertiary/aromatic N) is 1. The predicted molar refractivity (Wildman–Crippen MR) is 63.1 cm³/mol. The second-order valence-electron chi connectivity index (χ2n) is 3.48. The number of hydrogen-bond donors (Lipinski definition) is 2. The Balaban J connectivity index is 2.29. The molecule has 0 aliphatic heterocycles. The molecule has 0 aromatic carbocycles. The molecular formula is C11H19NO2S. The van der Waals surface area contributed by atoms with E-state index in [0.29, 0.717) is 6.54 Å². The molecule has 1 heterocycles. The van der Waals surface area contributed by atoms with E-state index in [1.54, 1.807) is 11.3 Å². The highest BCUT2D eigenvalue weighted by atomic mass is 32.1. The van der Waals surface area contributed by atoms with E-state index in [1.807, 2.05) is 17.5 Å². The second kappa shape index (κ2) is 6.95. The van der Waals surface area contributed by atoms with Gasteiger partial charge in [-0.05, 0) is 24.4 Å². The minimum absolute atomic E-state index is 0.183. The van der Waals surface area contributed by atoms with Crippen molar-refractivity contribution in [3.05, 3.63) is 22.4 Å². The smallest absolute Gasteiger partial charge is 0.0894 e. The molecule has 3 nitrogen and oxygen atoms in total. The van der Waals surface area contributed by atoms with Crippen LogP contribution < -0.4 is 0 Å². The molecule has 0 aliphatic rings. The van der Waals surface area contributed by atoms with Crippen LogP contribution in [0.4, 0.5) is 0 Å². The van der Waals surface area contributed by atoms with E-state index in [0.717, 1.165) is 24.4 Å². The molecule has 15 heavy (non-hydrogen) atoms. The van der Waals surface area contributed by atoms with Gasteiger partial charge in [-0.3, -0.25) is 0 Å². The summed E-state index contributed by atoms with van der Waals surface area (Å²) in [6.07, 6.45) is 0.367. The largest absolute Gasteiger partial charge is 0.395 e. The number of aliphatic hydroxyl groups is 2. The zero-order valence-corrected chi connectivity index (χ0v) is 9.91. The summed E-state index contributed by atoms with van der Waals surface area (Å²) >= 11 is 1.59. The van der Waals surface area contributed by atoms with Gasteiger partial charge in [0.2, 0.25) is 0 Å². The van der Waals surface area contributed by atoms with Gasteiger partial charge in [0.05, 0.1) is 12.7 Å². The predicted octanol–water partition coefficient (Wildman–Crippen LogP) is 1.49. The summed E-state index contributed by atoms with van der Waals surface area (Å²) in [5.41, 5.74) is 0. The molecule has 0 saturated heterocycles. The fourth-order valence-electron chi connectivity index (χ4n) is 1.50. The van der Waals surface area contributed by atoms with Gasteiger partial charge < -0.3 is 15.1 Å². The fourth-order valence-corrected chi connectivity index (χ4v) is 2.24. The van der Waals surface area contributed by atoms with Gasteiger partial charge in [0.25, 0.3) is 0 Å². The van der Waals surface area contributed by atoms with Crippen LogP contribution in [0.5, 0.6) is 0 Å². The van der Waals surface area contributed by atoms with Crippen LogP contribution in [-0.2, 0) is 0 Å². The third-order valence-electron chi connectivity index (χ3n) is 2.45. The molecule has 0 bridgehead atoms. The molecule has 2 N–H and O–H groups in total. The van der Waals surface area contributed by atoms with E-state index < -0.39 is 0 Å². The van der Waals surface area contributed by atoms with Crippen molar-refractivity contribution in [2.45, 2.75) is 19.4 Å². The first-order valence-corrected chi connectivity index (χ1v) is 6.20. The van der Waals surface area contributed by atoms with Crippen molar-refractivity contribution < 1.29 is 10.2 Å². The Labute approximate surface area is 95.0 Å². The molecule has 1 rings (SSSR count). The third-order valence-corrected chi connectivity index (χ3v) is 3.43. The van der Waals surface area contributed by atoms with Crippen molar-refractivity contribution in [3.63, 3.8) is 0 Å². The average molecular weight is 229 g/mol. The van der Waals surface area contributed by atoms with Crippen LogP contribution in [-0.4, -0.2) is 41.4 Å². The SMILES string of the molecule is CCN(CCO)CCC(O)c1cccs1. The Morgan fingerprint density at radius 3 is 2.80 bits per heavy atom. The summed E-state index contributed by atoms with van der Waals surface area (Å²) in [6.45, 7) is 4.68. The highest BCUT2D eigenvalue weighted by Gasteiger charge is 2.10. The van der Waals surface area contributed by atoms with E-state index in [1.165, 1.54) is 0 Å². The summed E-state index contributed by atoms with van der Waals surface area (Å²) in [4.78, 5) is 3.16. The standard InChI is InChI=1S/C11H19NO2S/c1-2-12(7-8-13)6-5-10(14)11-4-3-9-15-11/h3-4,9-10,13-14H,2,5-8H2,1H3. The van der Waals surface area contributed by atoms with Gasteiger partial charge >= 0.3 is 0 Å². The van der Waals surface area contributed by atoms with Gasteiger partial charge in [-0.2, -0.15) is 0 Å². The quantitative estimate of drug-likeness (QED) is 0.744. The Kier molecular flexibility index (Phi) is 5.86. The molecule has 0 amide bonds. The maximum Gasteiger partial charge on any atom is 0.0894 e. The molecule has 1 aromatic rings. The zero-order valence-electron chi connectivity index (χ0n) is 9.09. The third kappa shape index (κ3) is 4.30. The van der Waals surface area contributed by atoms with E-state index >= 15 is 0 Å². The molecule has 1 unspecified atom stereocenters. The van der Waals surface area contributed by atoms with Gasteiger partial charge in [0.15, 0.2) is 0 Å². The van der Waals surface area contributed by atoms with E-state index in [-0.39, 0.29) is 12.7 Å². The first kappa shape index (κ1) is 12.6. The molecule has 1 aromatic heterocycles. The topological polar surface area (TPSA) is 43.7 Å². The number of rotatable bonds is 7. The Morgan fingerprint density at radius 1 is 1.47 bits per heavy atom. The van der Waals surface area contributed by atoms with Crippen molar-refractivity contribution in [2.75, 3.05) is 26.2 Å². The first-order chi connectivity index (χ1) is 7.27. The average Bonchev–Trinajstić information content (AvgIpc) is 2.77. The van der Waals surface area contributed by atoms with Crippen molar-refractivity contribution in [1.82, 2.24) is 4.90 Å². The van der Waals surface area contributed by atoms with Crippen molar-refractivity contribution in [2.24, 2.45) is 0 Å². The lowest BCUT2D eigenvalue weighted by atomic mass is 10.2. The van der Waals surface area contributed by atoms with Crippen LogP contribution >= 0.6 is 11.3 Å². The monoisotopic (exact) mass is 229 g/mol. The fraction of sp³-hybridized carbons (Fsp3) is 0.636. The highest BCUT2D eigenvalue weighted by molar-refractivity contribution is 7.10. The van der Waals surface area contributed by atoms with Crippen LogP contribution in [0.15, 0.2) is 17.5 Å². The van der Waals surface area contributed by atoms with Crippen LogP contribution in [0.3, 0.4) is 0 Å². The summed E-state index contributed by atoms with van der Waals surface area (Å²) in [6, 6.07) is 3.91. The number of aliphatic hydroxyl groups excluding tert-OH is 2. The lowest BCUT2D eigenvalue weighted by Crippen LogP contribution is -2.28. The Morgan fingerprint density at radius 2 is 2.27 bits per heavy atom. The molecule has 0 radical (unpaired) electrons. The van der Waals surface area contributed by atoms with Crippen LogP contribution in [0, 0.1) is 0 Å². The summed E-state index contributed by atoms with van der Waals surface area (Å²) < 4.78 is 0. The Bertz CT molecular complexity index is 251. The van der Waals surface area contributed by atoms with E-state index in [2.05, 4.69) is 11.8 Å². The van der Waals surface area contributed by atoms with Crippen molar-refractivity contribution >= 4 is 11.3 Å². The van der Waals surface area contributed by atoms with Crippen molar-refractivity contribution in [3.8, 4) is 0 Å². The minimum Gasteiger partial charge on any atom is -0.395 e. The van der Waals surface area contributed by atoms with Crippen LogP contribution in [0.2, 0.25) is 0 Å². The molecule has 4 heteroatoms. The van der Waals surface area contributed by atoms with Gasteiger partial charge in [-0.15, -0.1) is 11.3 Å². The van der Waals surface area contributed by atoms with E-state index in [4.69, 9.17) is 5.11 Å². The van der Waals surface area contributed by atoms with E-state index in [9.17, 15) is 5.11 Å². The highest BCUT2D eigenvalue weighted by Crippen LogP contribution is 2.21. The van der Waals surface area contributed by atoms with Gasteiger partial charge in [-0.1, -0.05) is 13.0 Å². The molecule has 0 saturated carbocycles. The second-order valence-corrected chi connectivity index (χ2v) is 4.46. The molecule has 0 aliphatic carbocycles. The number of likely N-dealkylation sites (N-methyl/N-ethyl adjacent to an activating group) is 1. The maximum absolute atomic E-state index is 9.84. The number of thiophene rings is 1. The molecule has 0 spiro atoms. The zero-order chi connectivity index (χ0) is 11.1. The first-order valence-electron chi connectivity index (χ1n) is 5.32. The van der Waals surface area contributed by atoms with Crippen molar-refractivity contribution in [1.29, 1.82) is 0 Å². The molecule has 1 atom stereocenters. The maximum atomic E-state index is 9.84. The van der Waals surface area contributed by atoms with Gasteiger partial charge in [0, 0.05) is 18.0 Å². The Hall–Kier alpha value is -0.420.